The molecule has 0 N–H and O–H groups in total. The number of benzene rings is 3. The van der Waals surface area contributed by atoms with Gasteiger partial charge in [0.2, 0.25) is 5.91 Å². The van der Waals surface area contributed by atoms with Crippen molar-refractivity contribution in [1.29, 1.82) is 0 Å². The molecule has 0 radical (unpaired) electrons. The van der Waals surface area contributed by atoms with Crippen LogP contribution in [-0.2, 0) is 22.7 Å². The fourth-order valence-electron chi connectivity index (χ4n) is 4.81. The zero-order valence-electron chi connectivity index (χ0n) is 23.3. The monoisotopic (exact) mass is 550 g/mol. The Hall–Kier alpha value is -3.98. The molecular weight excluding hydrogens is 514 g/mol. The fourth-order valence-corrected chi connectivity index (χ4v) is 4.81. The number of hydrogen-bond donors (Lipinski definition) is 0. The first kappa shape index (κ1) is 29.0. The Morgan fingerprint density at radius 3 is 2.38 bits per heavy atom. The molecule has 3 aromatic carbocycles. The summed E-state index contributed by atoms with van der Waals surface area (Å²) in [6.45, 7) is 3.80. The van der Waals surface area contributed by atoms with E-state index in [1.807, 2.05) is 67.5 Å². The molecule has 1 heterocycles. The Balaban J connectivity index is 1.61. The number of carbonyl (C=O) groups is 2. The molecule has 0 aliphatic carbocycles. The lowest BCUT2D eigenvalue weighted by Gasteiger charge is -2.28. The summed E-state index contributed by atoms with van der Waals surface area (Å²) in [5, 5.41) is 0. The van der Waals surface area contributed by atoms with E-state index < -0.39 is 11.6 Å². The highest BCUT2D eigenvalue weighted by molar-refractivity contribution is 5.92. The van der Waals surface area contributed by atoms with Crippen molar-refractivity contribution in [2.75, 3.05) is 56.7 Å². The molecule has 0 aromatic heterocycles. The van der Waals surface area contributed by atoms with Gasteiger partial charge >= 0.3 is 0 Å². The molecule has 1 aliphatic heterocycles. The maximum absolute atomic E-state index is 14.4. The second kappa shape index (κ2) is 13.4. The first-order valence-corrected chi connectivity index (χ1v) is 13.4. The van der Waals surface area contributed by atoms with Gasteiger partial charge in [-0.05, 0) is 35.7 Å². The minimum Gasteiger partial charge on any atom is -0.484 e. The second-order valence-corrected chi connectivity index (χ2v) is 10.2. The minimum atomic E-state index is -1.03. The van der Waals surface area contributed by atoms with Crippen LogP contribution in [0.15, 0.2) is 66.7 Å². The third-order valence-electron chi connectivity index (χ3n) is 6.99. The van der Waals surface area contributed by atoms with Crippen LogP contribution in [0.3, 0.4) is 0 Å². The number of amides is 2. The van der Waals surface area contributed by atoms with Gasteiger partial charge in [0.15, 0.2) is 18.2 Å². The Labute approximate surface area is 234 Å². The third kappa shape index (κ3) is 7.57. The highest BCUT2D eigenvalue weighted by atomic mass is 19.2. The van der Waals surface area contributed by atoms with Crippen molar-refractivity contribution < 1.29 is 23.1 Å². The van der Waals surface area contributed by atoms with E-state index in [1.54, 1.807) is 11.0 Å². The fraction of sp³-hybridized carbons (Fsp3) is 0.355. The summed E-state index contributed by atoms with van der Waals surface area (Å²) in [5.74, 6) is -2.07. The molecule has 40 heavy (non-hydrogen) atoms. The van der Waals surface area contributed by atoms with Gasteiger partial charge in [-0.15, -0.1) is 0 Å². The number of hydrogen-bond acceptors (Lipinski definition) is 5. The predicted octanol–water partition coefficient (Wildman–Crippen LogP) is 4.70. The maximum Gasteiger partial charge on any atom is 0.260 e. The van der Waals surface area contributed by atoms with E-state index in [1.165, 1.54) is 11.8 Å². The van der Waals surface area contributed by atoms with Crippen molar-refractivity contribution >= 4 is 23.2 Å². The number of ether oxygens (including phenoxy) is 1. The molecule has 0 atom stereocenters. The lowest BCUT2D eigenvalue weighted by molar-refractivity contribution is -0.134. The number of rotatable bonds is 6. The van der Waals surface area contributed by atoms with E-state index >= 15 is 0 Å². The van der Waals surface area contributed by atoms with Crippen molar-refractivity contribution in [3.63, 3.8) is 0 Å². The third-order valence-corrected chi connectivity index (χ3v) is 6.99. The van der Waals surface area contributed by atoms with Crippen LogP contribution in [-0.4, -0.2) is 68.5 Å². The van der Waals surface area contributed by atoms with Gasteiger partial charge in [0.1, 0.15) is 5.75 Å². The summed E-state index contributed by atoms with van der Waals surface area (Å²) >= 11 is 0. The van der Waals surface area contributed by atoms with Crippen LogP contribution >= 0.6 is 0 Å². The van der Waals surface area contributed by atoms with Crippen molar-refractivity contribution in [2.24, 2.45) is 0 Å². The lowest BCUT2D eigenvalue weighted by atomic mass is 10.1. The standard InChI is InChI=1S/C31H36F2N4O3/c1-23(38)37-14-8-13-35(20-24-9-5-4-6-10-24)15-16-36(21-25-17-28(32)29(33)19-30(25)37)31(39)22-40-27-12-7-11-26(18-27)34(2)3/h4-7,9-12,17-19H,8,13-16,20-22H2,1-3H3. The van der Waals surface area contributed by atoms with E-state index in [-0.39, 0.29) is 30.7 Å². The van der Waals surface area contributed by atoms with Crippen molar-refractivity contribution in [3.05, 3.63) is 89.5 Å². The Morgan fingerprint density at radius 1 is 0.900 bits per heavy atom. The molecule has 7 nitrogen and oxygen atoms in total. The van der Waals surface area contributed by atoms with E-state index in [0.29, 0.717) is 50.5 Å². The van der Waals surface area contributed by atoms with Gasteiger partial charge in [0, 0.05) is 78.1 Å². The van der Waals surface area contributed by atoms with E-state index in [0.717, 1.165) is 23.4 Å². The quantitative estimate of drug-likeness (QED) is 0.446. The van der Waals surface area contributed by atoms with Crippen LogP contribution in [0, 0.1) is 11.6 Å². The summed E-state index contributed by atoms with van der Waals surface area (Å²) in [6, 6.07) is 19.6. The predicted molar refractivity (Wildman–Crippen MR) is 152 cm³/mol. The number of halogens is 2. The van der Waals surface area contributed by atoms with Crippen LogP contribution < -0.4 is 14.5 Å². The molecular formula is C31H36F2N4O3. The Morgan fingerprint density at radius 2 is 1.65 bits per heavy atom. The van der Waals surface area contributed by atoms with Gasteiger partial charge in [0.25, 0.3) is 5.91 Å². The molecule has 212 valence electrons. The first-order chi connectivity index (χ1) is 19.2. The molecule has 0 fully saturated rings. The lowest BCUT2D eigenvalue weighted by Crippen LogP contribution is -2.40. The number of carbonyl (C=O) groups excluding carboxylic acids is 2. The molecule has 0 unspecified atom stereocenters. The average Bonchev–Trinajstić information content (AvgIpc) is 2.96. The smallest absolute Gasteiger partial charge is 0.260 e. The number of fused-ring (bicyclic) bond motifs is 1. The molecule has 3 aromatic rings. The summed E-state index contributed by atoms with van der Waals surface area (Å²) in [5.41, 5.74) is 2.72. The van der Waals surface area contributed by atoms with Gasteiger partial charge in [-0.2, -0.15) is 0 Å². The van der Waals surface area contributed by atoms with Crippen molar-refractivity contribution in [1.82, 2.24) is 9.80 Å². The average molecular weight is 551 g/mol. The van der Waals surface area contributed by atoms with Crippen LogP contribution in [0.1, 0.15) is 24.5 Å². The second-order valence-electron chi connectivity index (χ2n) is 10.2. The molecule has 9 heteroatoms. The van der Waals surface area contributed by atoms with Gasteiger partial charge in [0.05, 0.1) is 5.69 Å². The van der Waals surface area contributed by atoms with Crippen LogP contribution in [0.5, 0.6) is 5.75 Å². The SMILES string of the molecule is CC(=O)N1CCCN(Cc2ccccc2)CCN(C(=O)COc2cccc(N(C)C)c2)Cc2cc(F)c(F)cc21. The zero-order valence-corrected chi connectivity index (χ0v) is 23.3. The van der Waals surface area contributed by atoms with E-state index in [2.05, 4.69) is 4.90 Å². The van der Waals surface area contributed by atoms with E-state index in [9.17, 15) is 18.4 Å². The molecule has 0 bridgehead atoms. The molecule has 0 saturated heterocycles. The molecule has 0 saturated carbocycles. The summed E-state index contributed by atoms with van der Waals surface area (Å²) in [7, 11) is 3.84. The highest BCUT2D eigenvalue weighted by Gasteiger charge is 2.24. The normalized spacial score (nSPS) is 14.7. The van der Waals surface area contributed by atoms with Crippen molar-refractivity contribution in [3.8, 4) is 5.75 Å². The molecule has 4 rings (SSSR count). The number of nitrogens with zero attached hydrogens (tertiary/aromatic N) is 4. The van der Waals surface area contributed by atoms with Crippen molar-refractivity contribution in [2.45, 2.75) is 26.4 Å². The summed E-state index contributed by atoms with van der Waals surface area (Å²) in [6.07, 6.45) is 0.629. The van der Waals surface area contributed by atoms with Crippen LogP contribution in [0.2, 0.25) is 0 Å². The highest BCUT2D eigenvalue weighted by Crippen LogP contribution is 2.27. The maximum atomic E-state index is 14.4. The Kier molecular flexibility index (Phi) is 9.71. The Bertz CT molecular complexity index is 1320. The van der Waals surface area contributed by atoms with Gasteiger partial charge in [-0.25, -0.2) is 8.78 Å². The largest absolute Gasteiger partial charge is 0.484 e. The van der Waals surface area contributed by atoms with Crippen LogP contribution in [0.4, 0.5) is 20.2 Å². The van der Waals surface area contributed by atoms with E-state index in [4.69, 9.17) is 4.74 Å². The molecule has 0 spiro atoms. The van der Waals surface area contributed by atoms with Gasteiger partial charge < -0.3 is 19.4 Å². The van der Waals surface area contributed by atoms with Gasteiger partial charge in [-0.1, -0.05) is 36.4 Å². The molecule has 1 aliphatic rings. The minimum absolute atomic E-state index is 0.00935. The summed E-state index contributed by atoms with van der Waals surface area (Å²) in [4.78, 5) is 33.4. The van der Waals surface area contributed by atoms with Gasteiger partial charge in [-0.3, -0.25) is 14.5 Å². The number of anilines is 2. The zero-order chi connectivity index (χ0) is 28.6. The summed E-state index contributed by atoms with van der Waals surface area (Å²) < 4.78 is 34.6. The van der Waals surface area contributed by atoms with Crippen LogP contribution in [0.25, 0.3) is 0 Å². The first-order valence-electron chi connectivity index (χ1n) is 13.4. The topological polar surface area (TPSA) is 56.3 Å². The molecule has 2 amide bonds.